The number of aryl methyl sites for hydroxylation is 2. The van der Waals surface area contributed by atoms with Crippen LogP contribution < -0.4 is 9.64 Å². The molecule has 57 heavy (non-hydrogen) atoms. The molecule has 0 bridgehead atoms. The van der Waals surface area contributed by atoms with Gasteiger partial charge < -0.3 is 0 Å². The van der Waals surface area contributed by atoms with Crippen molar-refractivity contribution in [3.63, 3.8) is 0 Å². The molecule has 8 rings (SSSR count). The van der Waals surface area contributed by atoms with E-state index in [9.17, 15) is 0 Å². The molecule has 0 saturated heterocycles. The molecule has 0 saturated carbocycles. The summed E-state index contributed by atoms with van der Waals surface area (Å²) in [6.07, 6.45) is 1.91. The van der Waals surface area contributed by atoms with Gasteiger partial charge in [0.1, 0.15) is 0 Å². The standard InChI is InChI=1S/C51H54N4O.Pt/c1-33-20-21-52-48(22-33)54-31-36-23-34(35-24-37(49(2,3)4)26-38(25-35)50(5,6)7)16-18-43(36)44-19-17-41(30-47(44)54)56-42-28-39(51(8,9)10)27-40(29-42)55-32-53(11)45-14-12-13-15-46(45)55;/h12-30H,31H2,1-11H3;. The van der Waals surface area contributed by atoms with Crippen LogP contribution in [0.3, 0.4) is 0 Å². The molecule has 2 aromatic heterocycles. The Labute approximate surface area is 349 Å². The zero-order valence-corrected chi connectivity index (χ0v) is 37.5. The Morgan fingerprint density at radius 2 is 1.26 bits per heavy atom. The second-order valence-electron chi connectivity index (χ2n) is 18.8. The van der Waals surface area contributed by atoms with Crippen LogP contribution in [0.15, 0.2) is 115 Å². The summed E-state index contributed by atoms with van der Waals surface area (Å²) in [5, 5.41) is 0. The maximum absolute atomic E-state index is 6.88. The Kier molecular flexibility index (Phi) is 9.64. The average molecular weight is 934 g/mol. The van der Waals surface area contributed by atoms with Gasteiger partial charge in [0.15, 0.2) is 0 Å². The van der Waals surface area contributed by atoms with Crippen LogP contribution >= 0.6 is 0 Å². The number of para-hydroxylation sites is 2. The van der Waals surface area contributed by atoms with Crippen molar-refractivity contribution in [1.82, 2.24) is 14.1 Å². The molecule has 5 aromatic carbocycles. The van der Waals surface area contributed by atoms with Gasteiger partial charge in [-0.2, -0.15) is 0 Å². The van der Waals surface area contributed by atoms with Crippen molar-refractivity contribution in [2.24, 2.45) is 7.05 Å². The summed E-state index contributed by atoms with van der Waals surface area (Å²) in [4.78, 5) is 7.25. The van der Waals surface area contributed by atoms with E-state index in [1.165, 1.54) is 55.6 Å². The minimum absolute atomic E-state index is 0.0413. The van der Waals surface area contributed by atoms with Gasteiger partial charge in [0.2, 0.25) is 0 Å². The molecule has 0 radical (unpaired) electrons. The molecule has 6 heteroatoms. The minimum atomic E-state index is -0.0840. The van der Waals surface area contributed by atoms with Crippen LogP contribution in [0, 0.1) is 10.7 Å². The van der Waals surface area contributed by atoms with E-state index < -0.39 is 0 Å². The molecule has 0 spiro atoms. The van der Waals surface area contributed by atoms with Gasteiger partial charge in [-0.15, -0.1) is 0 Å². The number of hydrogen-bond acceptors (Lipinski definition) is 3. The molecule has 0 fully saturated rings. The molecule has 294 valence electrons. The van der Waals surface area contributed by atoms with Gasteiger partial charge in [0, 0.05) is 6.20 Å². The molecule has 0 amide bonds. The fourth-order valence-electron chi connectivity index (χ4n) is 7.83. The van der Waals surface area contributed by atoms with Gasteiger partial charge in [-0.1, -0.05) is 65.8 Å². The van der Waals surface area contributed by atoms with Crippen molar-refractivity contribution in [2.75, 3.05) is 4.90 Å². The number of hydrogen-bond donors (Lipinski definition) is 0. The average Bonchev–Trinajstić information content (AvgIpc) is 3.41. The molecule has 1 aliphatic rings. The first-order valence-electron chi connectivity index (χ1n) is 19.9. The summed E-state index contributed by atoms with van der Waals surface area (Å²) in [5.41, 5.74) is 15.8. The third kappa shape index (κ3) is 7.48. The van der Waals surface area contributed by atoms with Crippen molar-refractivity contribution in [1.29, 1.82) is 0 Å². The molecule has 1 aliphatic heterocycles. The number of pyridine rings is 1. The van der Waals surface area contributed by atoms with E-state index >= 15 is 0 Å². The van der Waals surface area contributed by atoms with Gasteiger partial charge in [-0.3, -0.25) is 0 Å². The zero-order chi connectivity index (χ0) is 40.6. The quantitative estimate of drug-likeness (QED) is 0.172. The Balaban J connectivity index is 1.24. The number of anilines is 2. The molecule has 7 aromatic rings. The van der Waals surface area contributed by atoms with E-state index in [0.717, 1.165) is 38.0 Å². The summed E-state index contributed by atoms with van der Waals surface area (Å²) >= 11 is 2.43. The van der Waals surface area contributed by atoms with Crippen LogP contribution in [0.5, 0.6) is 11.5 Å². The summed E-state index contributed by atoms with van der Waals surface area (Å²) in [7, 11) is 2.13. The van der Waals surface area contributed by atoms with Crippen LogP contribution in [0.25, 0.3) is 39.0 Å². The summed E-state index contributed by atoms with van der Waals surface area (Å²) in [6, 6.07) is 40.2. The van der Waals surface area contributed by atoms with Crippen LogP contribution in [-0.4, -0.2) is 14.1 Å². The van der Waals surface area contributed by atoms with E-state index in [0.29, 0.717) is 6.54 Å². The molecule has 0 atom stereocenters. The SMILES string of the molecule is Cc1ccnc(N2Cc3cc(-c4cc(C(C)(C)C)cc(C(C)(C)C)c4)ccc3-c3ccc(Oc4cc(-n5[c](=[Pt])n(C)c6ccccc65)cc(C(C)(C)C)c4)cc32)c1. The van der Waals surface area contributed by atoms with E-state index in [1.807, 2.05) is 6.20 Å². The van der Waals surface area contributed by atoms with E-state index in [4.69, 9.17) is 9.72 Å². The molecule has 0 N–H and O–H groups in total. The van der Waals surface area contributed by atoms with E-state index in [2.05, 4.69) is 219 Å². The fraction of sp³-hybridized carbons (Fsp3) is 0.294. The molecule has 0 aliphatic carbocycles. The van der Waals surface area contributed by atoms with E-state index in [-0.39, 0.29) is 16.2 Å². The number of ether oxygens (including phenoxy) is 1. The fourth-order valence-corrected chi connectivity index (χ4v) is 8.67. The predicted octanol–water partition coefficient (Wildman–Crippen LogP) is 13.4. The summed E-state index contributed by atoms with van der Waals surface area (Å²) < 4.78 is 12.6. The molecular weight excluding hydrogens is 880 g/mol. The number of fused-ring (bicyclic) bond motifs is 4. The van der Waals surface area contributed by atoms with Crippen LogP contribution in [0.2, 0.25) is 0 Å². The second-order valence-corrected chi connectivity index (χ2v) is 19.8. The molecule has 3 heterocycles. The monoisotopic (exact) mass is 933 g/mol. The molecule has 5 nitrogen and oxygen atoms in total. The van der Waals surface area contributed by atoms with Crippen LogP contribution in [0.4, 0.5) is 11.5 Å². The predicted molar refractivity (Wildman–Crippen MR) is 234 cm³/mol. The first kappa shape index (κ1) is 38.9. The maximum atomic E-state index is 6.88. The van der Waals surface area contributed by atoms with Gasteiger partial charge in [0.25, 0.3) is 0 Å². The number of aromatic nitrogens is 3. The number of imidazole rings is 1. The molecule has 0 unspecified atom stereocenters. The Bertz CT molecular complexity index is 2720. The van der Waals surface area contributed by atoms with Crippen molar-refractivity contribution in [2.45, 2.75) is 92.0 Å². The summed E-state index contributed by atoms with van der Waals surface area (Å²) in [5.74, 6) is 2.52. The Morgan fingerprint density at radius 1 is 0.614 bits per heavy atom. The van der Waals surface area contributed by atoms with Crippen molar-refractivity contribution in [3.8, 4) is 39.4 Å². The normalized spacial score (nSPS) is 13.2. The topological polar surface area (TPSA) is 35.2 Å². The molecular formula is C51H54N4OPt. The number of benzene rings is 5. The third-order valence-electron chi connectivity index (χ3n) is 11.3. The zero-order valence-electron chi connectivity index (χ0n) is 35.2. The van der Waals surface area contributed by atoms with Crippen molar-refractivity contribution in [3.05, 3.63) is 147 Å². The first-order valence-corrected chi connectivity index (χ1v) is 21.1. The number of nitrogens with zero attached hydrogens (tertiary/aromatic N) is 4. The summed E-state index contributed by atoms with van der Waals surface area (Å²) in [6.45, 7) is 23.4. The first-order chi connectivity index (χ1) is 26.8. The van der Waals surface area contributed by atoms with Crippen LogP contribution in [0.1, 0.15) is 90.1 Å². The van der Waals surface area contributed by atoms with Gasteiger partial charge >= 0.3 is 221 Å². The Morgan fingerprint density at radius 3 is 1.93 bits per heavy atom. The van der Waals surface area contributed by atoms with Crippen LogP contribution in [-0.2, 0) is 49.2 Å². The number of rotatable bonds is 5. The van der Waals surface area contributed by atoms with Crippen molar-refractivity contribution >= 4 is 22.5 Å². The van der Waals surface area contributed by atoms with Gasteiger partial charge in [0.05, 0.1) is 0 Å². The van der Waals surface area contributed by atoms with Gasteiger partial charge in [-0.25, -0.2) is 0 Å². The van der Waals surface area contributed by atoms with Gasteiger partial charge in [-0.05, 0) is 57.7 Å². The third-order valence-corrected chi connectivity index (χ3v) is 12.6. The van der Waals surface area contributed by atoms with E-state index in [1.54, 1.807) is 0 Å². The Hall–Kier alpha value is -4.99. The van der Waals surface area contributed by atoms with Crippen molar-refractivity contribution < 1.29 is 24.1 Å². The second kappa shape index (κ2) is 14.1.